The molecule has 1 fully saturated rings. The molecule has 1 saturated heterocycles. The van der Waals surface area contributed by atoms with E-state index in [-0.39, 0.29) is 28.3 Å². The lowest BCUT2D eigenvalue weighted by Gasteiger charge is -2.30. The molecule has 9 heteroatoms. The Balaban J connectivity index is 1.67. The topological polar surface area (TPSA) is 103 Å². The van der Waals surface area contributed by atoms with Crippen molar-refractivity contribution in [2.45, 2.75) is 52.6 Å². The Kier molecular flexibility index (Phi) is 6.75. The van der Waals surface area contributed by atoms with E-state index in [9.17, 15) is 18.0 Å². The Morgan fingerprint density at radius 1 is 1.08 bits per heavy atom. The van der Waals surface area contributed by atoms with Gasteiger partial charge in [0.15, 0.2) is 26.8 Å². The lowest BCUT2D eigenvalue weighted by Crippen LogP contribution is -2.40. The van der Waals surface area contributed by atoms with Crippen LogP contribution in [-0.2, 0) is 9.84 Å². The Morgan fingerprint density at radius 3 is 2.47 bits per heavy atom. The molecule has 0 saturated carbocycles. The van der Waals surface area contributed by atoms with Crippen LogP contribution < -0.4 is 14.9 Å². The molecule has 0 bridgehead atoms. The maximum absolute atomic E-state index is 13.9. The molecule has 2 aromatic carbocycles. The number of ether oxygens (including phenoxy) is 2. The predicted octanol–water partition coefficient (Wildman–Crippen LogP) is 4.58. The van der Waals surface area contributed by atoms with Crippen LogP contribution >= 0.6 is 0 Å². The van der Waals surface area contributed by atoms with Gasteiger partial charge in [0.2, 0.25) is 5.76 Å². The third-order valence-corrected chi connectivity index (χ3v) is 9.33. The second-order valence-corrected chi connectivity index (χ2v) is 12.9. The van der Waals surface area contributed by atoms with Gasteiger partial charge in [-0.05, 0) is 73.6 Å². The van der Waals surface area contributed by atoms with Crippen LogP contribution in [0.3, 0.4) is 0 Å². The number of aryl methyl sites for hydroxylation is 2. The molecule has 0 N–H and O–H groups in total. The van der Waals surface area contributed by atoms with Crippen LogP contribution in [0.15, 0.2) is 39.5 Å². The van der Waals surface area contributed by atoms with E-state index in [0.717, 1.165) is 17.5 Å². The van der Waals surface area contributed by atoms with Gasteiger partial charge in [-0.3, -0.25) is 9.59 Å². The van der Waals surface area contributed by atoms with Gasteiger partial charge in [0.25, 0.3) is 5.91 Å². The second kappa shape index (κ2) is 9.76. The van der Waals surface area contributed by atoms with E-state index in [0.29, 0.717) is 47.0 Å². The lowest BCUT2D eigenvalue weighted by atomic mass is 9.96. The molecule has 3 aromatic rings. The van der Waals surface area contributed by atoms with Gasteiger partial charge in [0.1, 0.15) is 5.58 Å². The number of carbonyl (C=O) groups excluding carboxylic acids is 1. The fourth-order valence-corrected chi connectivity index (χ4v) is 7.03. The first-order valence-corrected chi connectivity index (χ1v) is 14.7. The van der Waals surface area contributed by atoms with E-state index >= 15 is 0 Å². The van der Waals surface area contributed by atoms with Crippen LogP contribution in [0.2, 0.25) is 0 Å². The van der Waals surface area contributed by atoms with Crippen LogP contribution in [0, 0.1) is 19.8 Å². The number of nitrogens with zero attached hydrogens (tertiary/aromatic N) is 1. The molecule has 2 unspecified atom stereocenters. The van der Waals surface area contributed by atoms with Gasteiger partial charge in [-0.15, -0.1) is 0 Å². The largest absolute Gasteiger partial charge is 0.493 e. The standard InChI is InChI=1S/C29H33NO7S/c1-16(2)8-10-36-22-7-6-19(14-24(22)35-5)26-25-27(31)21-12-17(3)18(4)13-23(21)37-28(25)29(32)30(26)20-9-11-38(33,34)15-20/h6-7,12-14,16,20,26H,8-11,15H2,1-5H3. The first-order chi connectivity index (χ1) is 18.0. The van der Waals surface area contributed by atoms with Crippen molar-refractivity contribution in [2.24, 2.45) is 5.92 Å². The van der Waals surface area contributed by atoms with E-state index in [4.69, 9.17) is 13.9 Å². The quantitative estimate of drug-likeness (QED) is 0.433. The second-order valence-electron chi connectivity index (χ2n) is 10.7. The maximum Gasteiger partial charge on any atom is 0.291 e. The molecule has 8 nitrogen and oxygen atoms in total. The van der Waals surface area contributed by atoms with E-state index in [1.165, 1.54) is 12.0 Å². The summed E-state index contributed by atoms with van der Waals surface area (Å²) in [6, 6.07) is 7.52. The van der Waals surface area contributed by atoms with Crippen LogP contribution in [0.1, 0.15) is 65.5 Å². The highest BCUT2D eigenvalue weighted by Gasteiger charge is 2.48. The Labute approximate surface area is 222 Å². The number of fused-ring (bicyclic) bond motifs is 2. The van der Waals surface area contributed by atoms with Gasteiger partial charge in [-0.25, -0.2) is 8.42 Å². The minimum atomic E-state index is -3.29. The van der Waals surface area contributed by atoms with Gasteiger partial charge in [0, 0.05) is 6.04 Å². The zero-order valence-electron chi connectivity index (χ0n) is 22.4. The predicted molar refractivity (Wildman–Crippen MR) is 145 cm³/mol. The summed E-state index contributed by atoms with van der Waals surface area (Å²) in [5.74, 6) is 0.868. The van der Waals surface area contributed by atoms with Crippen molar-refractivity contribution in [1.29, 1.82) is 0 Å². The molecule has 5 rings (SSSR count). The number of sulfone groups is 1. The molecule has 1 aromatic heterocycles. The molecule has 2 aliphatic heterocycles. The molecule has 3 heterocycles. The Hall–Kier alpha value is -3.33. The van der Waals surface area contributed by atoms with Crippen molar-refractivity contribution in [3.8, 4) is 11.5 Å². The van der Waals surface area contributed by atoms with Crippen molar-refractivity contribution < 1.29 is 27.1 Å². The van der Waals surface area contributed by atoms with E-state index < -0.39 is 27.8 Å². The minimum absolute atomic E-state index is 0.00178. The molecule has 0 aliphatic carbocycles. The normalized spacial score (nSPS) is 20.4. The number of rotatable bonds is 7. The summed E-state index contributed by atoms with van der Waals surface area (Å²) in [5.41, 5.74) is 2.79. The highest BCUT2D eigenvalue weighted by Crippen LogP contribution is 2.43. The summed E-state index contributed by atoms with van der Waals surface area (Å²) >= 11 is 0. The van der Waals surface area contributed by atoms with E-state index in [1.807, 2.05) is 13.8 Å². The zero-order valence-corrected chi connectivity index (χ0v) is 23.2. The van der Waals surface area contributed by atoms with Gasteiger partial charge in [-0.2, -0.15) is 0 Å². The molecule has 202 valence electrons. The molecule has 0 spiro atoms. The van der Waals surface area contributed by atoms with Gasteiger partial charge >= 0.3 is 0 Å². The minimum Gasteiger partial charge on any atom is -0.493 e. The summed E-state index contributed by atoms with van der Waals surface area (Å²) in [5, 5.41) is 0.395. The zero-order chi connectivity index (χ0) is 27.4. The van der Waals surface area contributed by atoms with Gasteiger partial charge in [-0.1, -0.05) is 19.9 Å². The first kappa shape index (κ1) is 26.3. The Bertz CT molecular complexity index is 1590. The summed E-state index contributed by atoms with van der Waals surface area (Å²) in [4.78, 5) is 29.2. The van der Waals surface area contributed by atoms with Crippen LogP contribution in [0.4, 0.5) is 0 Å². The molecule has 2 atom stereocenters. The highest BCUT2D eigenvalue weighted by atomic mass is 32.2. The van der Waals surface area contributed by atoms with Gasteiger partial charge < -0.3 is 18.8 Å². The highest BCUT2D eigenvalue weighted by molar-refractivity contribution is 7.91. The van der Waals surface area contributed by atoms with Crippen LogP contribution in [0.25, 0.3) is 11.0 Å². The van der Waals surface area contributed by atoms with Crippen molar-refractivity contribution in [3.05, 3.63) is 68.6 Å². The molecular weight excluding hydrogens is 506 g/mol. The molecule has 38 heavy (non-hydrogen) atoms. The van der Waals surface area contributed by atoms with Crippen molar-refractivity contribution in [3.63, 3.8) is 0 Å². The maximum atomic E-state index is 13.9. The average molecular weight is 540 g/mol. The van der Waals surface area contributed by atoms with Crippen molar-refractivity contribution in [2.75, 3.05) is 25.2 Å². The number of methoxy groups -OCH3 is 1. The average Bonchev–Trinajstić information content (AvgIpc) is 3.36. The fraction of sp³-hybridized carbons (Fsp3) is 0.448. The fourth-order valence-electron chi connectivity index (χ4n) is 5.32. The number of amides is 1. The van der Waals surface area contributed by atoms with Gasteiger partial charge in [0.05, 0.1) is 42.2 Å². The first-order valence-electron chi connectivity index (χ1n) is 12.9. The number of hydrogen-bond donors (Lipinski definition) is 0. The third kappa shape index (κ3) is 4.57. The Morgan fingerprint density at radius 2 is 1.82 bits per heavy atom. The van der Waals surface area contributed by atoms with Crippen molar-refractivity contribution >= 4 is 26.7 Å². The van der Waals surface area contributed by atoms with Crippen molar-refractivity contribution in [1.82, 2.24) is 4.90 Å². The molecule has 0 radical (unpaired) electrons. The summed E-state index contributed by atoms with van der Waals surface area (Å²) in [6.45, 7) is 8.60. The summed E-state index contributed by atoms with van der Waals surface area (Å²) in [6.07, 6.45) is 1.18. The van der Waals surface area contributed by atoms with E-state index in [2.05, 4.69) is 13.8 Å². The molecule has 1 amide bonds. The van der Waals surface area contributed by atoms with Crippen LogP contribution in [0.5, 0.6) is 11.5 Å². The third-order valence-electron chi connectivity index (χ3n) is 7.58. The van der Waals surface area contributed by atoms with Crippen LogP contribution in [-0.4, -0.2) is 50.5 Å². The lowest BCUT2D eigenvalue weighted by molar-refractivity contribution is 0.0662. The monoisotopic (exact) mass is 539 g/mol. The number of hydrogen-bond acceptors (Lipinski definition) is 7. The SMILES string of the molecule is COc1cc(C2c3c(oc4cc(C)c(C)cc4c3=O)C(=O)N2C2CCS(=O)(=O)C2)ccc1OCCC(C)C. The summed E-state index contributed by atoms with van der Waals surface area (Å²) in [7, 11) is -1.75. The molecular formula is C29H33NO7S. The number of carbonyl (C=O) groups is 1. The number of benzene rings is 2. The van der Waals surface area contributed by atoms with E-state index in [1.54, 1.807) is 30.3 Å². The molecule has 2 aliphatic rings. The smallest absolute Gasteiger partial charge is 0.291 e. The summed E-state index contributed by atoms with van der Waals surface area (Å²) < 4.78 is 42.4.